The lowest BCUT2D eigenvalue weighted by molar-refractivity contribution is -0.134. The van der Waals surface area contributed by atoms with E-state index in [2.05, 4.69) is 37.2 Å². The zero-order valence-electron chi connectivity index (χ0n) is 15.6. The minimum Gasteiger partial charge on any atom is -0.477 e. The largest absolute Gasteiger partial charge is 0.477 e. The van der Waals surface area contributed by atoms with Gasteiger partial charge in [-0.2, -0.15) is 0 Å². The van der Waals surface area contributed by atoms with E-state index < -0.39 is 11.9 Å². The molecule has 0 aliphatic carbocycles. The summed E-state index contributed by atoms with van der Waals surface area (Å²) < 4.78 is 7.48. The van der Waals surface area contributed by atoms with Crippen molar-refractivity contribution < 1.29 is 19.4 Å². The second-order valence-electron chi connectivity index (χ2n) is 6.32. The number of hydrogen-bond acceptors (Lipinski definition) is 3. The summed E-state index contributed by atoms with van der Waals surface area (Å²) in [6.45, 7) is 0. The predicted octanol–water partition coefficient (Wildman–Crippen LogP) is 5.79. The van der Waals surface area contributed by atoms with Crippen molar-refractivity contribution in [2.24, 2.45) is 0 Å². The summed E-state index contributed by atoms with van der Waals surface area (Å²) in [4.78, 5) is 23.8. The molecule has 0 aromatic heterocycles. The van der Waals surface area contributed by atoms with Crippen LogP contribution in [-0.2, 0) is 16.0 Å². The van der Waals surface area contributed by atoms with E-state index in [9.17, 15) is 14.7 Å². The highest BCUT2D eigenvalue weighted by atomic mass is 79.9. The quantitative estimate of drug-likeness (QED) is 0.379. The van der Waals surface area contributed by atoms with Gasteiger partial charge in [0.25, 0.3) is 0 Å². The van der Waals surface area contributed by atoms with Gasteiger partial charge in [0.2, 0.25) is 5.91 Å². The lowest BCUT2D eigenvalue weighted by Crippen LogP contribution is -2.28. The van der Waals surface area contributed by atoms with Gasteiger partial charge >= 0.3 is 5.97 Å². The maximum atomic E-state index is 12.3. The van der Waals surface area contributed by atoms with Crippen LogP contribution in [0.2, 0.25) is 0 Å². The zero-order valence-corrected chi connectivity index (χ0v) is 18.8. The predicted molar refractivity (Wildman–Crippen MR) is 122 cm³/mol. The first kappa shape index (κ1) is 21.8. The topological polar surface area (TPSA) is 75.6 Å². The van der Waals surface area contributed by atoms with E-state index >= 15 is 0 Å². The van der Waals surface area contributed by atoms with Gasteiger partial charge in [-0.15, -0.1) is 0 Å². The Labute approximate surface area is 190 Å². The number of benzene rings is 3. The molecule has 0 heterocycles. The van der Waals surface area contributed by atoms with Crippen LogP contribution in [0.5, 0.6) is 11.5 Å². The van der Waals surface area contributed by atoms with Crippen LogP contribution in [0, 0.1) is 0 Å². The van der Waals surface area contributed by atoms with Gasteiger partial charge in [0.15, 0.2) is 0 Å². The van der Waals surface area contributed by atoms with E-state index in [1.807, 2.05) is 42.5 Å². The molecule has 0 saturated heterocycles. The molecule has 30 heavy (non-hydrogen) atoms. The number of nitrogens with one attached hydrogen (secondary N) is 1. The molecule has 0 bridgehead atoms. The summed E-state index contributed by atoms with van der Waals surface area (Å²) in [5.74, 6) is -0.344. The van der Waals surface area contributed by atoms with Gasteiger partial charge in [-0.1, -0.05) is 52.3 Å². The molecule has 3 aromatic rings. The number of ether oxygens (including phenoxy) is 1. The minimum absolute atomic E-state index is 0.0722. The summed E-state index contributed by atoms with van der Waals surface area (Å²) in [7, 11) is 0. The average Bonchev–Trinajstić information content (AvgIpc) is 2.70. The molecule has 0 aliphatic rings. The van der Waals surface area contributed by atoms with E-state index in [1.165, 1.54) is 6.08 Å². The smallest absolute Gasteiger partial charge is 0.352 e. The molecule has 0 fully saturated rings. The second kappa shape index (κ2) is 10.2. The number of hydrogen-bond donors (Lipinski definition) is 2. The van der Waals surface area contributed by atoms with E-state index in [0.29, 0.717) is 17.1 Å². The number of aliphatic carboxylic acids is 1. The molecule has 2 N–H and O–H groups in total. The third-order valence-corrected chi connectivity index (χ3v) is 5.16. The molecule has 7 heteroatoms. The number of carbonyl (C=O) groups excluding carboxylic acids is 1. The molecular formula is C23H17Br2NO4. The molecule has 3 rings (SSSR count). The first-order valence-electron chi connectivity index (χ1n) is 8.92. The molecule has 0 unspecified atom stereocenters. The molecule has 0 saturated carbocycles. The summed E-state index contributed by atoms with van der Waals surface area (Å²) in [5, 5.41) is 11.9. The van der Waals surface area contributed by atoms with Crippen molar-refractivity contribution in [3.63, 3.8) is 0 Å². The van der Waals surface area contributed by atoms with Crippen molar-refractivity contribution in [2.75, 3.05) is 0 Å². The summed E-state index contributed by atoms with van der Waals surface area (Å²) in [6.07, 6.45) is 1.48. The van der Waals surface area contributed by atoms with Crippen LogP contribution in [0.15, 0.2) is 87.4 Å². The SMILES string of the molecule is O=C(Cc1cccc(Br)c1)NC(=Cc1ccc(Oc2ccccc2Br)cc1)C(=O)O. The Bertz CT molecular complexity index is 1090. The Kier molecular flexibility index (Phi) is 7.43. The van der Waals surface area contributed by atoms with Crippen LogP contribution >= 0.6 is 31.9 Å². The molecule has 0 spiro atoms. The van der Waals surface area contributed by atoms with Gasteiger partial charge < -0.3 is 15.2 Å². The molecule has 1 amide bonds. The number of carbonyl (C=O) groups is 2. The minimum atomic E-state index is -1.22. The van der Waals surface area contributed by atoms with Crippen molar-refractivity contribution in [2.45, 2.75) is 6.42 Å². The van der Waals surface area contributed by atoms with Crippen molar-refractivity contribution in [3.05, 3.63) is 98.6 Å². The normalized spacial score (nSPS) is 11.1. The van der Waals surface area contributed by atoms with Crippen LogP contribution in [0.3, 0.4) is 0 Å². The third kappa shape index (κ3) is 6.30. The zero-order chi connectivity index (χ0) is 21.5. The van der Waals surface area contributed by atoms with Gasteiger partial charge in [-0.05, 0) is 69.5 Å². The number of carboxylic acid groups (broad SMARTS) is 1. The van der Waals surface area contributed by atoms with Crippen LogP contribution in [0.4, 0.5) is 0 Å². The highest BCUT2D eigenvalue weighted by Crippen LogP contribution is 2.29. The van der Waals surface area contributed by atoms with Crippen molar-refractivity contribution in [1.29, 1.82) is 0 Å². The summed E-state index contributed by atoms with van der Waals surface area (Å²) in [5.41, 5.74) is 1.20. The van der Waals surface area contributed by atoms with Gasteiger partial charge in [0.05, 0.1) is 10.9 Å². The first-order chi connectivity index (χ1) is 14.4. The van der Waals surface area contributed by atoms with E-state index in [0.717, 1.165) is 14.5 Å². The monoisotopic (exact) mass is 529 g/mol. The number of halogens is 2. The van der Waals surface area contributed by atoms with Crippen molar-refractivity contribution in [1.82, 2.24) is 5.32 Å². The van der Waals surface area contributed by atoms with Gasteiger partial charge in [-0.25, -0.2) is 4.79 Å². The molecular weight excluding hydrogens is 514 g/mol. The molecule has 0 atom stereocenters. The maximum Gasteiger partial charge on any atom is 0.352 e. The Morgan fingerprint density at radius 3 is 2.37 bits per heavy atom. The molecule has 0 radical (unpaired) electrons. The van der Waals surface area contributed by atoms with Crippen LogP contribution in [0.25, 0.3) is 6.08 Å². The van der Waals surface area contributed by atoms with E-state index in [-0.39, 0.29) is 12.1 Å². The van der Waals surface area contributed by atoms with Gasteiger partial charge in [-0.3, -0.25) is 4.79 Å². The summed E-state index contributed by atoms with van der Waals surface area (Å²) in [6, 6.07) is 21.7. The fourth-order valence-corrected chi connectivity index (χ4v) is 3.44. The Morgan fingerprint density at radius 1 is 0.967 bits per heavy atom. The lowest BCUT2D eigenvalue weighted by atomic mass is 10.1. The van der Waals surface area contributed by atoms with E-state index in [1.54, 1.807) is 30.3 Å². The third-order valence-electron chi connectivity index (χ3n) is 4.01. The van der Waals surface area contributed by atoms with E-state index in [4.69, 9.17) is 4.74 Å². The molecule has 0 aliphatic heterocycles. The molecule has 152 valence electrons. The standard InChI is InChI=1S/C23H17Br2NO4/c24-17-5-3-4-16(12-17)14-22(27)26-20(23(28)29)13-15-8-10-18(11-9-15)30-21-7-2-1-6-19(21)25/h1-13H,14H2,(H,26,27)(H,28,29). The fourth-order valence-electron chi connectivity index (χ4n) is 2.63. The van der Waals surface area contributed by atoms with Crippen LogP contribution < -0.4 is 10.1 Å². The average molecular weight is 531 g/mol. The highest BCUT2D eigenvalue weighted by molar-refractivity contribution is 9.10. The van der Waals surface area contributed by atoms with Crippen molar-refractivity contribution in [3.8, 4) is 11.5 Å². The molecule has 5 nitrogen and oxygen atoms in total. The Morgan fingerprint density at radius 2 is 1.70 bits per heavy atom. The highest BCUT2D eigenvalue weighted by Gasteiger charge is 2.12. The molecule has 3 aromatic carbocycles. The summed E-state index contributed by atoms with van der Waals surface area (Å²) >= 11 is 6.78. The van der Waals surface area contributed by atoms with Crippen molar-refractivity contribution >= 4 is 49.8 Å². The lowest BCUT2D eigenvalue weighted by Gasteiger charge is -2.09. The Balaban J connectivity index is 1.69. The Hall–Kier alpha value is -2.90. The number of rotatable bonds is 7. The van der Waals surface area contributed by atoms with Crippen LogP contribution in [-0.4, -0.2) is 17.0 Å². The number of para-hydroxylation sites is 1. The number of amides is 1. The maximum absolute atomic E-state index is 12.3. The fraction of sp³-hybridized carbons (Fsp3) is 0.0435. The van der Waals surface area contributed by atoms with Crippen LogP contribution in [0.1, 0.15) is 11.1 Å². The number of carboxylic acids is 1. The van der Waals surface area contributed by atoms with Gasteiger partial charge in [0, 0.05) is 4.47 Å². The van der Waals surface area contributed by atoms with Gasteiger partial charge in [0.1, 0.15) is 17.2 Å². The second-order valence-corrected chi connectivity index (χ2v) is 8.09. The first-order valence-corrected chi connectivity index (χ1v) is 10.5.